The van der Waals surface area contributed by atoms with Gasteiger partial charge in [-0.05, 0) is 0 Å². The van der Waals surface area contributed by atoms with Gasteiger partial charge in [-0.15, -0.1) is 0 Å². The zero-order valence-electron chi connectivity index (χ0n) is 4.73. The Hall–Kier alpha value is 0.399. The van der Waals surface area contributed by atoms with Crippen LogP contribution in [-0.4, -0.2) is 21.1 Å². The van der Waals surface area contributed by atoms with Crippen LogP contribution in [0.1, 0.15) is 26.7 Å². The number of unbranched alkanes of at least 4 members (excludes halogenated alkanes) is 1. The molecule has 3 heteroatoms. The van der Waals surface area contributed by atoms with Crippen molar-refractivity contribution in [2.24, 2.45) is 0 Å². The third-order valence-electron chi connectivity index (χ3n) is 0.500. The molecule has 7 heavy (non-hydrogen) atoms. The van der Waals surface area contributed by atoms with E-state index in [1.165, 1.54) is 12.8 Å². The molecule has 0 amide bonds. The summed E-state index contributed by atoms with van der Waals surface area (Å²) in [7, 11) is 0. The summed E-state index contributed by atoms with van der Waals surface area (Å²) in [5, 5.41) is 0. The number of rotatable bonds is 1. The monoisotopic (exact) mass is 210 g/mol. The van der Waals surface area contributed by atoms with Crippen molar-refractivity contribution < 1.29 is 6.15 Å². The van der Waals surface area contributed by atoms with Gasteiger partial charge in [0.2, 0.25) is 0 Å². The molecule has 0 saturated carbocycles. The maximum absolute atomic E-state index is 8.54. The summed E-state index contributed by atoms with van der Waals surface area (Å²) in [6, 6.07) is 0. The fourth-order valence-electron chi connectivity index (χ4n) is 0. The van der Waals surface area contributed by atoms with Crippen LogP contribution < -0.4 is 0 Å². The van der Waals surface area contributed by atoms with Crippen molar-refractivity contribution in [2.45, 2.75) is 26.7 Å². The van der Waals surface area contributed by atoms with Crippen molar-refractivity contribution in [3.8, 4) is 0 Å². The van der Waals surface area contributed by atoms with Crippen LogP contribution in [-0.2, 0) is 6.15 Å². The van der Waals surface area contributed by atoms with Gasteiger partial charge < -0.3 is 0 Å². The fourth-order valence-corrected chi connectivity index (χ4v) is 0. The van der Waals surface area contributed by atoms with E-state index in [1.54, 1.807) is 0 Å². The van der Waals surface area contributed by atoms with Crippen molar-refractivity contribution in [1.82, 2.24) is 0 Å². The Kier molecular flexibility index (Phi) is 24.0. The average molecular weight is 209 g/mol. The Balaban J connectivity index is 0. The second-order valence-electron chi connectivity index (χ2n) is 1.08. The summed E-state index contributed by atoms with van der Waals surface area (Å²) in [4.78, 5) is 0. The van der Waals surface area contributed by atoms with Gasteiger partial charge in [-0.2, -0.15) is 0 Å². The summed E-state index contributed by atoms with van der Waals surface area (Å²) >= 11 is -2.27. The van der Waals surface area contributed by atoms with Gasteiger partial charge in [0.15, 0.2) is 0 Å². The Morgan fingerprint density at radius 1 is 1.14 bits per heavy atom. The van der Waals surface area contributed by atoms with E-state index in [9.17, 15) is 0 Å². The van der Waals surface area contributed by atoms with Crippen LogP contribution in [0.3, 0.4) is 0 Å². The summed E-state index contributed by atoms with van der Waals surface area (Å²) in [6.45, 7) is 4.36. The van der Waals surface area contributed by atoms with Gasteiger partial charge in [0, 0.05) is 0 Å². The second-order valence-corrected chi connectivity index (χ2v) is 1.56. The van der Waals surface area contributed by atoms with Crippen molar-refractivity contribution in [3.05, 3.63) is 0 Å². The van der Waals surface area contributed by atoms with Gasteiger partial charge in [-0.3, -0.25) is 0 Å². The third kappa shape index (κ3) is 63.3. The third-order valence-corrected chi connectivity index (χ3v) is 0.500. The molecule has 0 rings (SSSR count). The minimum atomic E-state index is -2.27. The molecule has 0 radical (unpaired) electrons. The van der Waals surface area contributed by atoms with Crippen LogP contribution >= 0.6 is 0 Å². The zero-order valence-corrected chi connectivity index (χ0v) is 7.58. The van der Waals surface area contributed by atoms with Gasteiger partial charge in [0.05, 0.1) is 0 Å². The molecule has 0 spiro atoms. The molecule has 0 bridgehead atoms. The molecular weight excluding hydrogens is 199 g/mol. The molecule has 0 aromatic carbocycles. The SMILES string of the molecule is CCCC.[O]=[Sn]=[O]. The van der Waals surface area contributed by atoms with Gasteiger partial charge in [-0.25, -0.2) is 0 Å². The van der Waals surface area contributed by atoms with Crippen LogP contribution in [0.4, 0.5) is 0 Å². The predicted molar refractivity (Wildman–Crippen MR) is 27.7 cm³/mol. The average Bonchev–Trinajstić information content (AvgIpc) is 1.69. The Bertz CT molecular complexity index is 45.7. The normalized spacial score (nSPS) is 5.43. The molecule has 0 aromatic heterocycles. The molecule has 0 heterocycles. The number of hydrogen-bond donors (Lipinski definition) is 0. The van der Waals surface area contributed by atoms with E-state index in [2.05, 4.69) is 13.8 Å². The van der Waals surface area contributed by atoms with Gasteiger partial charge in [0.1, 0.15) is 0 Å². The molecule has 0 N–H and O–H groups in total. The van der Waals surface area contributed by atoms with E-state index in [0.29, 0.717) is 0 Å². The molecule has 42 valence electrons. The topological polar surface area (TPSA) is 34.1 Å². The summed E-state index contributed by atoms with van der Waals surface area (Å²) < 4.78 is 17.1. The zero-order chi connectivity index (χ0) is 6.12. The summed E-state index contributed by atoms with van der Waals surface area (Å²) in [5.74, 6) is 0. The first-order valence-corrected chi connectivity index (χ1v) is 4.65. The van der Waals surface area contributed by atoms with Crippen LogP contribution in [0.15, 0.2) is 0 Å². The molecule has 0 aliphatic heterocycles. The Morgan fingerprint density at radius 3 is 1.29 bits per heavy atom. The summed E-state index contributed by atoms with van der Waals surface area (Å²) in [5.41, 5.74) is 0. The minimum absolute atomic E-state index is 1.32. The molecule has 2 nitrogen and oxygen atoms in total. The van der Waals surface area contributed by atoms with E-state index >= 15 is 0 Å². The molecule has 0 unspecified atom stereocenters. The van der Waals surface area contributed by atoms with Crippen molar-refractivity contribution in [3.63, 3.8) is 0 Å². The first kappa shape index (κ1) is 10.4. The first-order chi connectivity index (χ1) is 3.33. The van der Waals surface area contributed by atoms with Crippen molar-refractivity contribution in [2.75, 3.05) is 0 Å². The molecule has 0 saturated heterocycles. The fraction of sp³-hybridized carbons (Fsp3) is 1.00. The first-order valence-electron chi connectivity index (χ1n) is 2.32. The van der Waals surface area contributed by atoms with Gasteiger partial charge in [0.25, 0.3) is 0 Å². The van der Waals surface area contributed by atoms with E-state index in [1.807, 2.05) is 0 Å². The van der Waals surface area contributed by atoms with E-state index in [4.69, 9.17) is 6.15 Å². The van der Waals surface area contributed by atoms with E-state index in [-0.39, 0.29) is 0 Å². The molecule has 0 aromatic rings. The van der Waals surface area contributed by atoms with Crippen molar-refractivity contribution in [1.29, 1.82) is 0 Å². The molecule has 0 fully saturated rings. The second kappa shape index (κ2) is 16.1. The quantitative estimate of drug-likeness (QED) is 0.607. The van der Waals surface area contributed by atoms with Gasteiger partial charge in [-0.1, -0.05) is 26.7 Å². The molecule has 0 aliphatic rings. The van der Waals surface area contributed by atoms with Crippen LogP contribution in [0.25, 0.3) is 0 Å². The summed E-state index contributed by atoms with van der Waals surface area (Å²) in [6.07, 6.45) is 2.64. The van der Waals surface area contributed by atoms with Gasteiger partial charge >= 0.3 is 27.3 Å². The van der Waals surface area contributed by atoms with Crippen LogP contribution in [0, 0.1) is 0 Å². The van der Waals surface area contributed by atoms with E-state index < -0.39 is 21.1 Å². The molecule has 0 aliphatic carbocycles. The van der Waals surface area contributed by atoms with Crippen LogP contribution in [0.5, 0.6) is 0 Å². The number of hydrogen-bond acceptors (Lipinski definition) is 2. The maximum atomic E-state index is 8.54. The van der Waals surface area contributed by atoms with Crippen molar-refractivity contribution >= 4 is 21.1 Å². The van der Waals surface area contributed by atoms with Crippen LogP contribution in [0.2, 0.25) is 0 Å². The predicted octanol–water partition coefficient (Wildman–Crippen LogP) is 1.19. The standard InChI is InChI=1S/C4H10.2O.Sn/c1-3-4-2;;;/h3-4H2,1-2H3;;;. The Labute approximate surface area is 54.3 Å². The Morgan fingerprint density at radius 2 is 1.29 bits per heavy atom. The molecule has 0 atom stereocenters. The van der Waals surface area contributed by atoms with E-state index in [0.717, 1.165) is 0 Å². The molecular formula is C4H10O2Sn.